The van der Waals surface area contributed by atoms with Crippen molar-refractivity contribution in [2.24, 2.45) is 5.92 Å². The van der Waals surface area contributed by atoms with Gasteiger partial charge in [-0.05, 0) is 44.4 Å². The van der Waals surface area contributed by atoms with Crippen molar-refractivity contribution in [1.82, 2.24) is 0 Å². The predicted octanol–water partition coefficient (Wildman–Crippen LogP) is 3.43. The van der Waals surface area contributed by atoms with Gasteiger partial charge in [0.1, 0.15) is 12.2 Å². The molecule has 1 unspecified atom stereocenters. The smallest absolute Gasteiger partial charge is 0.353 e. The molecule has 0 aliphatic carbocycles. The summed E-state index contributed by atoms with van der Waals surface area (Å²) in [5, 5.41) is 0.175. The molecule has 2 rings (SSSR count). The molecule has 5 heteroatoms. The maximum absolute atomic E-state index is 8.00. The highest BCUT2D eigenvalue weighted by Gasteiger charge is 2.38. The maximum atomic E-state index is 8.00. The molecule has 2 heterocycles. The predicted molar refractivity (Wildman–Crippen MR) is 80.6 cm³/mol. The molecule has 2 aliphatic heterocycles. The monoisotopic (exact) mass is 303 g/mol. The number of hydrogen-bond acceptors (Lipinski definition) is 5. The van der Waals surface area contributed by atoms with Crippen LogP contribution in [0.25, 0.3) is 0 Å². The van der Waals surface area contributed by atoms with E-state index in [9.17, 15) is 0 Å². The zero-order valence-electron chi connectivity index (χ0n) is 13.4. The molecule has 2 saturated heterocycles. The molecule has 116 valence electrons. The van der Waals surface area contributed by atoms with Crippen LogP contribution in [0.1, 0.15) is 53.7 Å². The van der Waals surface area contributed by atoms with E-state index in [0.717, 1.165) is 32.3 Å². The van der Waals surface area contributed by atoms with E-state index >= 15 is 0 Å². The van der Waals surface area contributed by atoms with Gasteiger partial charge >= 0.3 is 5.24 Å². The lowest BCUT2D eigenvalue weighted by Crippen LogP contribution is -2.32. The third-order valence-corrected chi connectivity index (χ3v) is 4.21. The lowest BCUT2D eigenvalue weighted by molar-refractivity contribution is -0.168. The van der Waals surface area contributed by atoms with Crippen LogP contribution in [0.3, 0.4) is 0 Å². The van der Waals surface area contributed by atoms with E-state index in [1.54, 1.807) is 0 Å². The Morgan fingerprint density at radius 1 is 1.55 bits per heavy atom. The van der Waals surface area contributed by atoms with Crippen LogP contribution < -0.4 is 0 Å². The van der Waals surface area contributed by atoms with Crippen LogP contribution in [0.15, 0.2) is 0 Å². The summed E-state index contributed by atoms with van der Waals surface area (Å²) < 4.78 is 30.2. The van der Waals surface area contributed by atoms with Gasteiger partial charge < -0.3 is 18.9 Å². The fourth-order valence-electron chi connectivity index (χ4n) is 2.50. The van der Waals surface area contributed by atoms with E-state index < -0.39 is 5.60 Å². The second-order valence-electron chi connectivity index (χ2n) is 5.77. The molecule has 0 aromatic carbocycles. The van der Waals surface area contributed by atoms with Gasteiger partial charge in [-0.2, -0.15) is 0 Å². The van der Waals surface area contributed by atoms with E-state index in [4.69, 9.17) is 32.5 Å². The lowest BCUT2D eigenvalue weighted by Gasteiger charge is -2.27. The van der Waals surface area contributed by atoms with Crippen molar-refractivity contribution < 1.29 is 20.3 Å². The standard InChI is InChI=1S/C15H26O4S/c1-3-15(11-18-14(20)19-15)8-7-12(2)10-17-13-6-4-5-9-16-13/h12-13H,3-11H2,1-2H3/t12-,13?,15-/m1/s1/i3D/t3-,12+,13?,15+/m0. The van der Waals surface area contributed by atoms with E-state index in [2.05, 4.69) is 6.92 Å². The van der Waals surface area contributed by atoms with Crippen molar-refractivity contribution >= 4 is 17.5 Å². The van der Waals surface area contributed by atoms with E-state index in [1.807, 2.05) is 6.92 Å². The van der Waals surface area contributed by atoms with Crippen molar-refractivity contribution in [2.45, 2.75) is 64.2 Å². The fourth-order valence-corrected chi connectivity index (χ4v) is 2.73. The second-order valence-corrected chi connectivity index (χ2v) is 6.10. The van der Waals surface area contributed by atoms with Crippen LogP contribution in [0, 0.1) is 5.92 Å². The first-order valence-electron chi connectivity index (χ1n) is 8.11. The summed E-state index contributed by atoms with van der Waals surface area (Å²) in [4.78, 5) is 0. The molecule has 4 nitrogen and oxygen atoms in total. The van der Waals surface area contributed by atoms with Gasteiger partial charge in [0, 0.05) is 20.2 Å². The molecule has 20 heavy (non-hydrogen) atoms. The van der Waals surface area contributed by atoms with Crippen molar-refractivity contribution in [2.75, 3.05) is 19.8 Å². The molecule has 0 spiro atoms. The molecule has 0 N–H and O–H groups in total. The third kappa shape index (κ3) is 4.57. The summed E-state index contributed by atoms with van der Waals surface area (Å²) in [6, 6.07) is 0. The van der Waals surface area contributed by atoms with Gasteiger partial charge in [-0.25, -0.2) is 0 Å². The highest BCUT2D eigenvalue weighted by atomic mass is 32.1. The molecule has 0 aromatic rings. The minimum Gasteiger partial charge on any atom is -0.453 e. The Balaban J connectivity index is 1.71. The van der Waals surface area contributed by atoms with Crippen LogP contribution in [0.5, 0.6) is 0 Å². The summed E-state index contributed by atoms with van der Waals surface area (Å²) in [6.45, 7) is 5.85. The van der Waals surface area contributed by atoms with Gasteiger partial charge in [0.05, 0.1) is 6.61 Å². The zero-order chi connectivity index (χ0) is 15.3. The first-order chi connectivity index (χ1) is 10.0. The van der Waals surface area contributed by atoms with E-state index in [1.165, 1.54) is 6.42 Å². The third-order valence-electron chi connectivity index (χ3n) is 4.01. The molecule has 0 amide bonds. The number of thiocarbonyl (C=S) groups is 1. The van der Waals surface area contributed by atoms with Gasteiger partial charge in [0.2, 0.25) is 0 Å². The van der Waals surface area contributed by atoms with Gasteiger partial charge in [-0.15, -0.1) is 0 Å². The van der Waals surface area contributed by atoms with Gasteiger partial charge in [0.15, 0.2) is 6.29 Å². The summed E-state index contributed by atoms with van der Waals surface area (Å²) in [5.74, 6) is 0.393. The van der Waals surface area contributed by atoms with Crippen LogP contribution >= 0.6 is 12.2 Å². The largest absolute Gasteiger partial charge is 0.453 e. The van der Waals surface area contributed by atoms with Crippen molar-refractivity contribution in [3.63, 3.8) is 0 Å². The molecule has 0 aromatic heterocycles. The van der Waals surface area contributed by atoms with Crippen molar-refractivity contribution in [3.05, 3.63) is 0 Å². The van der Waals surface area contributed by atoms with Crippen LogP contribution in [0.4, 0.5) is 0 Å². The molecule has 4 atom stereocenters. The van der Waals surface area contributed by atoms with Gasteiger partial charge in [0.25, 0.3) is 0 Å². The van der Waals surface area contributed by atoms with E-state index in [0.29, 0.717) is 19.1 Å². The Morgan fingerprint density at radius 2 is 2.40 bits per heavy atom. The van der Waals surface area contributed by atoms with Crippen LogP contribution in [-0.4, -0.2) is 36.9 Å². The molecule has 2 fully saturated rings. The molecule has 2 aliphatic rings. The average molecular weight is 303 g/mol. The number of rotatable bonds is 7. The number of ether oxygens (including phenoxy) is 4. The molecule has 0 radical (unpaired) electrons. The summed E-state index contributed by atoms with van der Waals surface area (Å²) in [7, 11) is 0. The first-order valence-corrected chi connectivity index (χ1v) is 7.94. The van der Waals surface area contributed by atoms with Crippen LogP contribution in [-0.2, 0) is 18.9 Å². The molecular weight excluding hydrogens is 276 g/mol. The molecule has 0 saturated carbocycles. The topological polar surface area (TPSA) is 36.9 Å². The summed E-state index contributed by atoms with van der Waals surface area (Å²) >= 11 is 4.93. The Kier molecular flexibility index (Phi) is 5.51. The second kappa shape index (κ2) is 7.57. The minimum absolute atomic E-state index is 0.0381. The normalized spacial score (nSPS) is 34.0. The summed E-state index contributed by atoms with van der Waals surface area (Å²) in [6.07, 6.45) is 4.58. The molecular formula is C15H26O4S. The lowest BCUT2D eigenvalue weighted by atomic mass is 9.91. The maximum Gasteiger partial charge on any atom is 0.353 e. The van der Waals surface area contributed by atoms with E-state index in [-0.39, 0.29) is 17.9 Å². The van der Waals surface area contributed by atoms with Gasteiger partial charge in [-0.3, -0.25) is 0 Å². The zero-order valence-corrected chi connectivity index (χ0v) is 13.2. The Morgan fingerprint density at radius 3 is 3.00 bits per heavy atom. The SMILES string of the molecule is [2H][C@@H](C)[C@@]1(CC[C@@H](C)COC2CCCCO2)COC(=S)O1. The van der Waals surface area contributed by atoms with Crippen molar-refractivity contribution in [3.8, 4) is 0 Å². The fraction of sp³-hybridized carbons (Fsp3) is 0.933. The highest BCUT2D eigenvalue weighted by Crippen LogP contribution is 2.30. The quantitative estimate of drug-likeness (QED) is 0.674. The van der Waals surface area contributed by atoms with Gasteiger partial charge in [-0.1, -0.05) is 13.8 Å². The highest BCUT2D eigenvalue weighted by molar-refractivity contribution is 7.79. The Hall–Kier alpha value is -0.390. The van der Waals surface area contributed by atoms with Crippen molar-refractivity contribution in [1.29, 1.82) is 0 Å². The minimum atomic E-state index is -0.591. The Bertz CT molecular complexity index is 347. The Labute approximate surface area is 128 Å². The summed E-state index contributed by atoms with van der Waals surface area (Å²) in [5.41, 5.74) is -0.591. The number of hydrogen-bond donors (Lipinski definition) is 0. The molecule has 0 bridgehead atoms. The van der Waals surface area contributed by atoms with Crippen LogP contribution in [0.2, 0.25) is 0 Å². The first kappa shape index (κ1) is 14.5. The average Bonchev–Trinajstić information content (AvgIpc) is 2.87.